The van der Waals surface area contributed by atoms with Gasteiger partial charge in [0.2, 0.25) is 0 Å². The van der Waals surface area contributed by atoms with Crippen molar-refractivity contribution in [1.82, 2.24) is 19.9 Å². The predicted molar refractivity (Wildman–Crippen MR) is 103 cm³/mol. The molecule has 134 valence electrons. The van der Waals surface area contributed by atoms with Crippen LogP contribution in [0.15, 0.2) is 30.5 Å². The largest absolute Gasteiger partial charge is 0.507 e. The summed E-state index contributed by atoms with van der Waals surface area (Å²) in [4.78, 5) is 16.4. The van der Waals surface area contributed by atoms with Gasteiger partial charge in [-0.2, -0.15) is 0 Å². The Morgan fingerprint density at radius 1 is 1.15 bits per heavy atom. The molecular weight excluding hydrogens is 324 g/mol. The maximum atomic E-state index is 10.4. The van der Waals surface area contributed by atoms with Crippen molar-refractivity contribution in [2.24, 2.45) is 0 Å². The maximum Gasteiger partial charge on any atom is 0.179 e. The summed E-state index contributed by atoms with van der Waals surface area (Å²) in [6.45, 7) is 6.14. The van der Waals surface area contributed by atoms with Crippen LogP contribution in [-0.2, 0) is 0 Å². The summed E-state index contributed by atoms with van der Waals surface area (Å²) < 4.78 is 0. The molecule has 1 fully saturated rings. The lowest BCUT2D eigenvalue weighted by molar-refractivity contribution is 0.248. The zero-order chi connectivity index (χ0) is 18.3. The van der Waals surface area contributed by atoms with E-state index in [1.165, 1.54) is 6.42 Å². The Morgan fingerprint density at radius 3 is 2.77 bits per heavy atom. The van der Waals surface area contributed by atoms with E-state index >= 15 is 0 Å². The van der Waals surface area contributed by atoms with Crippen molar-refractivity contribution in [3.8, 4) is 17.0 Å². The van der Waals surface area contributed by atoms with Crippen molar-refractivity contribution in [2.45, 2.75) is 32.6 Å². The second-order valence-electron chi connectivity index (χ2n) is 7.41. The minimum Gasteiger partial charge on any atom is -0.507 e. The van der Waals surface area contributed by atoms with Gasteiger partial charge in [0, 0.05) is 23.7 Å². The third-order valence-electron chi connectivity index (χ3n) is 5.19. The molecule has 1 aromatic carbocycles. The summed E-state index contributed by atoms with van der Waals surface area (Å²) in [6.07, 6.45) is 4.08. The summed E-state index contributed by atoms with van der Waals surface area (Å²) in [5, 5.41) is 10.4. The average molecular weight is 348 g/mol. The average Bonchev–Trinajstić information content (AvgIpc) is 2.60. The van der Waals surface area contributed by atoms with Crippen LogP contribution in [0, 0.1) is 13.8 Å². The molecule has 0 radical (unpaired) electrons. The Hall–Kier alpha value is -2.53. The van der Waals surface area contributed by atoms with E-state index in [1.54, 1.807) is 12.3 Å². The highest BCUT2D eigenvalue weighted by Crippen LogP contribution is 2.33. The first kappa shape index (κ1) is 16.9. The molecule has 2 aromatic heterocycles. The Kier molecular flexibility index (Phi) is 4.32. The summed E-state index contributed by atoms with van der Waals surface area (Å²) in [6, 6.07) is 7.89. The third-order valence-corrected chi connectivity index (χ3v) is 5.19. The number of aromatic hydroxyl groups is 1. The first-order valence-corrected chi connectivity index (χ1v) is 9.14. The number of nitrogens with zero attached hydrogens (tertiary/aromatic N) is 4. The summed E-state index contributed by atoms with van der Waals surface area (Å²) in [5.74, 6) is 0.680. The molecule has 4 rings (SSSR count). The Bertz CT molecular complexity index is 946. The number of piperidine rings is 1. The van der Waals surface area contributed by atoms with Crippen molar-refractivity contribution in [3.05, 3.63) is 47.3 Å². The van der Waals surface area contributed by atoms with Crippen LogP contribution in [0.25, 0.3) is 22.4 Å². The van der Waals surface area contributed by atoms with E-state index < -0.39 is 0 Å². The second-order valence-corrected chi connectivity index (χ2v) is 7.41. The van der Waals surface area contributed by atoms with Crippen LogP contribution in [0.2, 0.25) is 0 Å². The smallest absolute Gasteiger partial charge is 0.179 e. The first-order chi connectivity index (χ1) is 12.5. The number of aromatic nitrogens is 3. The van der Waals surface area contributed by atoms with Crippen LogP contribution in [0.3, 0.4) is 0 Å². The number of phenolic OH excluding ortho intramolecular Hbond substituents is 1. The highest BCUT2D eigenvalue weighted by atomic mass is 16.3. The van der Waals surface area contributed by atoms with E-state index in [0.717, 1.165) is 47.4 Å². The van der Waals surface area contributed by atoms with Crippen molar-refractivity contribution in [3.63, 3.8) is 0 Å². The molecule has 0 bridgehead atoms. The lowest BCUT2D eigenvalue weighted by Crippen LogP contribution is -2.31. The van der Waals surface area contributed by atoms with E-state index in [-0.39, 0.29) is 5.75 Å². The summed E-state index contributed by atoms with van der Waals surface area (Å²) in [5.41, 5.74) is 5.92. The van der Waals surface area contributed by atoms with Crippen molar-refractivity contribution >= 4 is 11.2 Å². The van der Waals surface area contributed by atoms with Gasteiger partial charge >= 0.3 is 0 Å². The maximum absolute atomic E-state index is 10.4. The van der Waals surface area contributed by atoms with Crippen molar-refractivity contribution in [1.29, 1.82) is 0 Å². The van der Waals surface area contributed by atoms with E-state index in [9.17, 15) is 5.11 Å². The van der Waals surface area contributed by atoms with E-state index in [2.05, 4.69) is 23.0 Å². The molecule has 1 atom stereocenters. The molecule has 3 heterocycles. The molecule has 0 saturated carbocycles. The van der Waals surface area contributed by atoms with E-state index in [4.69, 9.17) is 9.97 Å². The number of hydrogen-bond donors (Lipinski definition) is 1. The number of benzene rings is 1. The Morgan fingerprint density at radius 2 is 2.00 bits per heavy atom. The molecule has 1 saturated heterocycles. The van der Waals surface area contributed by atoms with Gasteiger partial charge in [-0.1, -0.05) is 6.07 Å². The first-order valence-electron chi connectivity index (χ1n) is 9.14. The topological polar surface area (TPSA) is 62.1 Å². The number of aryl methyl sites for hydroxylation is 2. The Balaban J connectivity index is 1.77. The van der Waals surface area contributed by atoms with Crippen LogP contribution >= 0.6 is 0 Å². The molecule has 0 amide bonds. The fourth-order valence-electron chi connectivity index (χ4n) is 3.95. The third kappa shape index (κ3) is 3.15. The fraction of sp³-hybridized carbons (Fsp3) is 0.381. The van der Waals surface area contributed by atoms with Gasteiger partial charge in [-0.15, -0.1) is 0 Å². The standard InChI is InChI=1S/C21H24N4O/c1-13-9-14(2)20(19(26)10-13)18-11-22-17-7-6-16(23-21(17)24-18)15-5-4-8-25(3)12-15/h6-7,9-11,15,26H,4-5,8,12H2,1-3H3. The zero-order valence-electron chi connectivity index (χ0n) is 15.5. The van der Waals surface area contributed by atoms with Crippen LogP contribution in [0.1, 0.15) is 35.6 Å². The second kappa shape index (κ2) is 6.65. The predicted octanol–water partition coefficient (Wildman–Crippen LogP) is 3.82. The normalized spacial score (nSPS) is 18.3. The van der Waals surface area contributed by atoms with Gasteiger partial charge in [0.25, 0.3) is 0 Å². The SMILES string of the molecule is Cc1cc(C)c(-c2cnc3ccc(C4CCCN(C)C4)nc3n2)c(O)c1. The van der Waals surface area contributed by atoms with Gasteiger partial charge in [-0.25, -0.2) is 9.97 Å². The number of fused-ring (bicyclic) bond motifs is 1. The number of likely N-dealkylation sites (tertiary alicyclic amines) is 1. The van der Waals surface area contributed by atoms with Gasteiger partial charge in [0.1, 0.15) is 11.3 Å². The summed E-state index contributed by atoms with van der Waals surface area (Å²) >= 11 is 0. The van der Waals surface area contributed by atoms with Crippen LogP contribution in [0.4, 0.5) is 0 Å². The molecule has 5 heteroatoms. The molecule has 26 heavy (non-hydrogen) atoms. The molecular formula is C21H24N4O. The number of likely N-dealkylation sites (N-methyl/N-ethyl adjacent to an activating group) is 1. The van der Waals surface area contributed by atoms with Crippen LogP contribution in [-0.4, -0.2) is 45.1 Å². The fourth-order valence-corrected chi connectivity index (χ4v) is 3.95. The monoisotopic (exact) mass is 348 g/mol. The number of phenols is 1. The summed E-state index contributed by atoms with van der Waals surface area (Å²) in [7, 11) is 2.16. The number of hydrogen-bond acceptors (Lipinski definition) is 5. The molecule has 0 aliphatic carbocycles. The van der Waals surface area contributed by atoms with Gasteiger partial charge < -0.3 is 10.0 Å². The highest BCUT2D eigenvalue weighted by Gasteiger charge is 2.21. The number of pyridine rings is 1. The molecule has 1 aliphatic heterocycles. The molecule has 5 nitrogen and oxygen atoms in total. The molecule has 1 N–H and O–H groups in total. The quantitative estimate of drug-likeness (QED) is 0.763. The highest BCUT2D eigenvalue weighted by molar-refractivity contribution is 5.77. The van der Waals surface area contributed by atoms with Crippen molar-refractivity contribution < 1.29 is 5.11 Å². The lowest BCUT2D eigenvalue weighted by atomic mass is 9.94. The molecule has 0 spiro atoms. The minimum atomic E-state index is 0.237. The Labute approximate surface area is 153 Å². The van der Waals surface area contributed by atoms with Gasteiger partial charge in [0.15, 0.2) is 5.65 Å². The van der Waals surface area contributed by atoms with Gasteiger partial charge in [-0.05, 0) is 69.6 Å². The van der Waals surface area contributed by atoms with E-state index in [0.29, 0.717) is 17.3 Å². The van der Waals surface area contributed by atoms with Gasteiger partial charge in [0.05, 0.1) is 11.9 Å². The molecule has 1 aliphatic rings. The molecule has 1 unspecified atom stereocenters. The van der Waals surface area contributed by atoms with Crippen LogP contribution < -0.4 is 0 Å². The van der Waals surface area contributed by atoms with Crippen LogP contribution in [0.5, 0.6) is 5.75 Å². The van der Waals surface area contributed by atoms with Crippen molar-refractivity contribution in [2.75, 3.05) is 20.1 Å². The van der Waals surface area contributed by atoms with Gasteiger partial charge in [-0.3, -0.25) is 4.98 Å². The van der Waals surface area contributed by atoms with E-state index in [1.807, 2.05) is 26.0 Å². The number of rotatable bonds is 2. The molecule has 3 aromatic rings. The lowest BCUT2D eigenvalue weighted by Gasteiger charge is -2.29. The minimum absolute atomic E-state index is 0.237. The zero-order valence-corrected chi connectivity index (χ0v) is 15.5.